The van der Waals surface area contributed by atoms with Crippen molar-refractivity contribution in [1.82, 2.24) is 0 Å². The summed E-state index contributed by atoms with van der Waals surface area (Å²) in [6.45, 7) is 6.89. The topological polar surface area (TPSA) is 54.9 Å². The molecule has 0 radical (unpaired) electrons. The summed E-state index contributed by atoms with van der Waals surface area (Å²) < 4.78 is 5.43. The zero-order valence-corrected chi connectivity index (χ0v) is 16.8. The van der Waals surface area contributed by atoms with Crippen LogP contribution in [0.3, 0.4) is 0 Å². The molecule has 0 saturated carbocycles. The number of benzene rings is 2. The maximum Gasteiger partial charge on any atom is 0.279 e. The minimum Gasteiger partial charge on any atom is -0.495 e. The summed E-state index contributed by atoms with van der Waals surface area (Å²) in [5, 5.41) is 5.20. The SMILES string of the molecule is COc1ccc(C(C)(C)C)cc1NC(=O)C[NH2+][C@H]1CCCc2ccccc21. The number of rotatable bonds is 5. The number of carbonyl (C=O) groups excluding carboxylic acids is 1. The Kier molecular flexibility index (Phi) is 5.85. The predicted molar refractivity (Wildman–Crippen MR) is 109 cm³/mol. The van der Waals surface area contributed by atoms with Gasteiger partial charge < -0.3 is 15.4 Å². The second-order valence-electron chi connectivity index (χ2n) is 8.35. The van der Waals surface area contributed by atoms with E-state index in [0.29, 0.717) is 18.3 Å². The second kappa shape index (κ2) is 8.13. The summed E-state index contributed by atoms with van der Waals surface area (Å²) in [6.07, 6.45) is 3.44. The molecule has 2 aromatic carbocycles. The molecular formula is C23H31N2O2+. The van der Waals surface area contributed by atoms with Crippen LogP contribution in [0.1, 0.15) is 56.3 Å². The van der Waals surface area contributed by atoms with Gasteiger partial charge in [-0.1, -0.05) is 51.1 Å². The molecule has 2 aromatic rings. The molecule has 3 N–H and O–H groups in total. The van der Waals surface area contributed by atoms with E-state index >= 15 is 0 Å². The molecular weight excluding hydrogens is 336 g/mol. The highest BCUT2D eigenvalue weighted by molar-refractivity contribution is 5.93. The van der Waals surface area contributed by atoms with Crippen molar-refractivity contribution in [2.75, 3.05) is 19.0 Å². The summed E-state index contributed by atoms with van der Waals surface area (Å²) in [5.74, 6) is 0.696. The van der Waals surface area contributed by atoms with Crippen LogP contribution in [0.4, 0.5) is 5.69 Å². The zero-order valence-electron chi connectivity index (χ0n) is 16.8. The Labute approximate surface area is 162 Å². The van der Waals surface area contributed by atoms with E-state index in [4.69, 9.17) is 4.74 Å². The second-order valence-corrected chi connectivity index (χ2v) is 8.35. The Morgan fingerprint density at radius 3 is 2.74 bits per heavy atom. The average molecular weight is 368 g/mol. The molecule has 27 heavy (non-hydrogen) atoms. The van der Waals surface area contributed by atoms with E-state index in [1.165, 1.54) is 23.1 Å². The Morgan fingerprint density at radius 1 is 1.22 bits per heavy atom. The van der Waals surface area contributed by atoms with Crippen LogP contribution in [0.15, 0.2) is 42.5 Å². The highest BCUT2D eigenvalue weighted by Crippen LogP contribution is 2.31. The zero-order chi connectivity index (χ0) is 19.4. The molecule has 0 saturated heterocycles. The highest BCUT2D eigenvalue weighted by Gasteiger charge is 2.23. The van der Waals surface area contributed by atoms with Crippen LogP contribution in [0, 0.1) is 0 Å². The molecule has 0 spiro atoms. The molecule has 0 fully saturated rings. The lowest BCUT2D eigenvalue weighted by molar-refractivity contribution is -0.687. The first-order valence-corrected chi connectivity index (χ1v) is 9.78. The molecule has 0 heterocycles. The number of nitrogens with two attached hydrogens (primary N) is 1. The minimum absolute atomic E-state index is 0.00223. The van der Waals surface area contributed by atoms with Gasteiger partial charge in [-0.3, -0.25) is 4.79 Å². The molecule has 3 rings (SSSR count). The van der Waals surface area contributed by atoms with Gasteiger partial charge in [0.1, 0.15) is 11.8 Å². The van der Waals surface area contributed by atoms with Gasteiger partial charge in [-0.25, -0.2) is 0 Å². The molecule has 4 heteroatoms. The van der Waals surface area contributed by atoms with Crippen molar-refractivity contribution >= 4 is 11.6 Å². The molecule has 1 atom stereocenters. The van der Waals surface area contributed by atoms with E-state index in [0.717, 1.165) is 18.5 Å². The number of ether oxygens (including phenoxy) is 1. The van der Waals surface area contributed by atoms with Crippen LogP contribution >= 0.6 is 0 Å². The van der Waals surface area contributed by atoms with E-state index in [1.54, 1.807) is 7.11 Å². The molecule has 144 valence electrons. The summed E-state index contributed by atoms with van der Waals surface area (Å²) in [5.41, 5.74) is 4.73. The van der Waals surface area contributed by atoms with Crippen LogP contribution in [0.5, 0.6) is 5.75 Å². The van der Waals surface area contributed by atoms with E-state index in [1.807, 2.05) is 12.1 Å². The number of carbonyl (C=O) groups is 1. The van der Waals surface area contributed by atoms with Crippen molar-refractivity contribution in [1.29, 1.82) is 0 Å². The number of aryl methyl sites for hydroxylation is 1. The number of hydrogen-bond donors (Lipinski definition) is 2. The monoisotopic (exact) mass is 367 g/mol. The van der Waals surface area contributed by atoms with Crippen molar-refractivity contribution in [3.05, 3.63) is 59.2 Å². The number of anilines is 1. The Morgan fingerprint density at radius 2 is 2.00 bits per heavy atom. The van der Waals surface area contributed by atoms with Gasteiger partial charge in [-0.2, -0.15) is 0 Å². The van der Waals surface area contributed by atoms with Crippen LogP contribution in [-0.4, -0.2) is 19.6 Å². The quantitative estimate of drug-likeness (QED) is 0.849. The summed E-state index contributed by atoms with van der Waals surface area (Å²) in [7, 11) is 1.63. The third-order valence-electron chi connectivity index (χ3n) is 5.34. The molecule has 1 aliphatic carbocycles. The smallest absolute Gasteiger partial charge is 0.279 e. The van der Waals surface area contributed by atoms with Crippen LogP contribution in [0.25, 0.3) is 0 Å². The van der Waals surface area contributed by atoms with Crippen molar-refractivity contribution < 1.29 is 14.8 Å². The van der Waals surface area contributed by atoms with Gasteiger partial charge in [-0.15, -0.1) is 0 Å². The first-order valence-electron chi connectivity index (χ1n) is 9.78. The van der Waals surface area contributed by atoms with Crippen molar-refractivity contribution in [2.24, 2.45) is 0 Å². The Bertz CT molecular complexity index is 808. The van der Waals surface area contributed by atoms with Gasteiger partial charge in [0, 0.05) is 12.0 Å². The Hall–Kier alpha value is -2.33. The number of fused-ring (bicyclic) bond motifs is 1. The third kappa shape index (κ3) is 4.69. The van der Waals surface area contributed by atoms with E-state index in [-0.39, 0.29) is 11.3 Å². The van der Waals surface area contributed by atoms with Crippen molar-refractivity contribution in [3.63, 3.8) is 0 Å². The number of amides is 1. The number of nitrogens with one attached hydrogen (secondary N) is 1. The molecule has 1 amide bonds. The number of methoxy groups -OCH3 is 1. The standard InChI is InChI=1S/C23H30N2O2/c1-23(2,3)17-12-13-21(27-4)20(14-17)25-22(26)15-24-19-11-7-9-16-8-5-6-10-18(16)19/h5-6,8,10,12-14,19,24H,7,9,11,15H2,1-4H3,(H,25,26)/p+1/t19-/m0/s1. The van der Waals surface area contributed by atoms with Gasteiger partial charge in [0.15, 0.2) is 6.54 Å². The fourth-order valence-electron chi connectivity index (χ4n) is 3.76. The first-order chi connectivity index (χ1) is 12.9. The summed E-state index contributed by atoms with van der Waals surface area (Å²) >= 11 is 0. The highest BCUT2D eigenvalue weighted by atomic mass is 16.5. The largest absolute Gasteiger partial charge is 0.495 e. The normalized spacial score (nSPS) is 16.5. The van der Waals surface area contributed by atoms with Crippen LogP contribution < -0.4 is 15.4 Å². The third-order valence-corrected chi connectivity index (χ3v) is 5.34. The summed E-state index contributed by atoms with van der Waals surface area (Å²) in [4.78, 5) is 12.6. The average Bonchev–Trinajstić information content (AvgIpc) is 2.65. The van der Waals surface area contributed by atoms with Gasteiger partial charge in [0.25, 0.3) is 5.91 Å². The molecule has 0 aromatic heterocycles. The lowest BCUT2D eigenvalue weighted by Crippen LogP contribution is -2.87. The van der Waals surface area contributed by atoms with Crippen molar-refractivity contribution in [2.45, 2.75) is 51.5 Å². The lowest BCUT2D eigenvalue weighted by atomic mass is 9.87. The van der Waals surface area contributed by atoms with Gasteiger partial charge in [0.2, 0.25) is 0 Å². The van der Waals surface area contributed by atoms with Gasteiger partial charge >= 0.3 is 0 Å². The minimum atomic E-state index is 0.00223. The van der Waals surface area contributed by atoms with Crippen LogP contribution in [-0.2, 0) is 16.6 Å². The summed E-state index contributed by atoms with van der Waals surface area (Å²) in [6, 6.07) is 15.0. The first kappa shape index (κ1) is 19.4. The Balaban J connectivity index is 1.67. The predicted octanol–water partition coefficient (Wildman–Crippen LogP) is 3.57. The maximum atomic E-state index is 12.6. The van der Waals surface area contributed by atoms with Gasteiger partial charge in [-0.05, 0) is 41.5 Å². The van der Waals surface area contributed by atoms with Crippen molar-refractivity contribution in [3.8, 4) is 5.75 Å². The van der Waals surface area contributed by atoms with E-state index in [2.05, 4.69) is 61.7 Å². The maximum absolute atomic E-state index is 12.6. The fourth-order valence-corrected chi connectivity index (χ4v) is 3.76. The molecule has 0 bridgehead atoms. The lowest BCUT2D eigenvalue weighted by Gasteiger charge is -2.24. The number of hydrogen-bond acceptors (Lipinski definition) is 2. The molecule has 1 aliphatic rings. The molecule has 0 unspecified atom stereocenters. The van der Waals surface area contributed by atoms with E-state index in [9.17, 15) is 4.79 Å². The molecule has 0 aliphatic heterocycles. The number of quaternary nitrogens is 1. The molecule has 4 nitrogen and oxygen atoms in total. The van der Waals surface area contributed by atoms with Gasteiger partial charge in [0.05, 0.1) is 12.8 Å². The van der Waals surface area contributed by atoms with E-state index < -0.39 is 0 Å². The van der Waals surface area contributed by atoms with Crippen LogP contribution in [0.2, 0.25) is 0 Å². The fraction of sp³-hybridized carbons (Fsp3) is 0.435.